The van der Waals surface area contributed by atoms with Crippen LogP contribution in [0.1, 0.15) is 59.8 Å². The Morgan fingerprint density at radius 2 is 2.06 bits per heavy atom. The molecule has 1 amide bonds. The van der Waals surface area contributed by atoms with Gasteiger partial charge in [-0.3, -0.25) is 4.79 Å². The smallest absolute Gasteiger partial charge is 0.222 e. The first-order valence-electron chi connectivity index (χ1n) is 7.38. The van der Waals surface area contributed by atoms with Crippen molar-refractivity contribution in [3.8, 4) is 0 Å². The lowest BCUT2D eigenvalue weighted by molar-refractivity contribution is -0.130. The number of carbonyl (C=O) groups excluding carboxylic acids is 1. The minimum Gasteiger partial charge on any atom is -0.341 e. The Hall–Kier alpha value is -0.570. The molecule has 2 atom stereocenters. The van der Waals surface area contributed by atoms with Crippen LogP contribution in [0.15, 0.2) is 0 Å². The van der Waals surface area contributed by atoms with Gasteiger partial charge in [0.15, 0.2) is 0 Å². The van der Waals surface area contributed by atoms with Gasteiger partial charge in [0.25, 0.3) is 0 Å². The quantitative estimate of drug-likeness (QED) is 0.838. The predicted octanol–water partition coefficient (Wildman–Crippen LogP) is 2.79. The van der Waals surface area contributed by atoms with Crippen molar-refractivity contribution in [3.05, 3.63) is 0 Å². The van der Waals surface area contributed by atoms with Gasteiger partial charge in [0.1, 0.15) is 0 Å². The Balaban J connectivity index is 2.54. The number of likely N-dealkylation sites (tertiary alicyclic amines) is 1. The highest BCUT2D eigenvalue weighted by Gasteiger charge is 2.30. The van der Waals surface area contributed by atoms with Crippen molar-refractivity contribution in [3.63, 3.8) is 0 Å². The summed E-state index contributed by atoms with van der Waals surface area (Å²) in [6.07, 6.45) is 4.94. The Morgan fingerprint density at radius 3 is 2.61 bits per heavy atom. The van der Waals surface area contributed by atoms with Gasteiger partial charge >= 0.3 is 0 Å². The van der Waals surface area contributed by atoms with Crippen molar-refractivity contribution >= 4 is 5.91 Å². The summed E-state index contributed by atoms with van der Waals surface area (Å²) >= 11 is 0. The molecule has 0 aromatic rings. The fraction of sp³-hybridized carbons (Fsp3) is 0.933. The molecule has 0 saturated carbocycles. The number of carbonyl (C=O) groups is 1. The summed E-state index contributed by atoms with van der Waals surface area (Å²) in [5, 5.41) is 0. The van der Waals surface area contributed by atoms with Gasteiger partial charge in [-0.1, -0.05) is 34.1 Å². The van der Waals surface area contributed by atoms with E-state index in [-0.39, 0.29) is 6.04 Å². The van der Waals surface area contributed by atoms with E-state index in [0.29, 0.717) is 23.7 Å². The standard InChI is InChI=1S/C15H30N2O/c1-5-6-13(16)11-17-10-9-12(15(2,3)4)7-8-14(17)18/h12-13H,5-11,16H2,1-4H3. The number of hydrogen-bond donors (Lipinski definition) is 1. The van der Waals surface area contributed by atoms with Crippen LogP contribution in [0.2, 0.25) is 0 Å². The lowest BCUT2D eigenvalue weighted by atomic mass is 9.77. The first-order chi connectivity index (χ1) is 8.34. The van der Waals surface area contributed by atoms with Crippen LogP contribution in [0.5, 0.6) is 0 Å². The van der Waals surface area contributed by atoms with Gasteiger partial charge in [-0.25, -0.2) is 0 Å². The zero-order valence-corrected chi connectivity index (χ0v) is 12.5. The van der Waals surface area contributed by atoms with E-state index in [9.17, 15) is 4.79 Å². The second-order valence-electron chi connectivity index (χ2n) is 6.78. The molecule has 3 heteroatoms. The molecule has 1 aliphatic heterocycles. The molecule has 0 aromatic carbocycles. The predicted molar refractivity (Wildman–Crippen MR) is 76.3 cm³/mol. The van der Waals surface area contributed by atoms with Crippen molar-refractivity contribution < 1.29 is 4.79 Å². The molecular formula is C15H30N2O. The van der Waals surface area contributed by atoms with Crippen molar-refractivity contribution in [1.82, 2.24) is 4.90 Å². The largest absolute Gasteiger partial charge is 0.341 e. The van der Waals surface area contributed by atoms with Crippen LogP contribution in [0.3, 0.4) is 0 Å². The van der Waals surface area contributed by atoms with Gasteiger partial charge < -0.3 is 10.6 Å². The summed E-state index contributed by atoms with van der Waals surface area (Å²) in [7, 11) is 0. The minimum atomic E-state index is 0.144. The van der Waals surface area contributed by atoms with Crippen molar-refractivity contribution in [2.24, 2.45) is 17.1 Å². The van der Waals surface area contributed by atoms with E-state index < -0.39 is 0 Å². The number of rotatable bonds is 4. The summed E-state index contributed by atoms with van der Waals surface area (Å²) in [5.41, 5.74) is 6.36. The van der Waals surface area contributed by atoms with Gasteiger partial charge in [0.05, 0.1) is 0 Å². The molecule has 1 rings (SSSR count). The maximum Gasteiger partial charge on any atom is 0.222 e. The summed E-state index contributed by atoms with van der Waals surface area (Å²) < 4.78 is 0. The van der Waals surface area contributed by atoms with E-state index in [2.05, 4.69) is 27.7 Å². The van der Waals surface area contributed by atoms with E-state index in [4.69, 9.17) is 5.73 Å². The van der Waals surface area contributed by atoms with Crippen LogP contribution >= 0.6 is 0 Å². The fourth-order valence-electron chi connectivity index (χ4n) is 2.84. The van der Waals surface area contributed by atoms with E-state index in [1.165, 1.54) is 0 Å². The Labute approximate surface area is 112 Å². The van der Waals surface area contributed by atoms with E-state index in [1.54, 1.807) is 0 Å². The molecule has 18 heavy (non-hydrogen) atoms. The first-order valence-corrected chi connectivity index (χ1v) is 7.38. The lowest BCUT2D eigenvalue weighted by Gasteiger charge is -2.30. The molecule has 3 nitrogen and oxygen atoms in total. The van der Waals surface area contributed by atoms with Gasteiger partial charge in [0, 0.05) is 25.6 Å². The number of hydrogen-bond acceptors (Lipinski definition) is 2. The highest BCUT2D eigenvalue weighted by atomic mass is 16.2. The van der Waals surface area contributed by atoms with Gasteiger partial charge in [-0.15, -0.1) is 0 Å². The van der Waals surface area contributed by atoms with E-state index in [1.807, 2.05) is 4.90 Å². The second-order valence-corrected chi connectivity index (χ2v) is 6.78. The van der Waals surface area contributed by atoms with Gasteiger partial charge in [-0.05, 0) is 30.6 Å². The SMILES string of the molecule is CCCC(N)CN1CCC(C(C)(C)C)CCC1=O. The Bertz CT molecular complexity index is 270. The van der Waals surface area contributed by atoms with Crippen molar-refractivity contribution in [2.45, 2.75) is 65.8 Å². The maximum absolute atomic E-state index is 12.1. The monoisotopic (exact) mass is 254 g/mol. The summed E-state index contributed by atoms with van der Waals surface area (Å²) in [6.45, 7) is 10.6. The molecular weight excluding hydrogens is 224 g/mol. The van der Waals surface area contributed by atoms with Crippen LogP contribution < -0.4 is 5.73 Å². The minimum absolute atomic E-state index is 0.144. The summed E-state index contributed by atoms with van der Waals surface area (Å²) in [4.78, 5) is 14.1. The molecule has 0 bridgehead atoms. The number of nitrogens with zero attached hydrogens (tertiary/aromatic N) is 1. The number of amides is 1. The molecule has 1 saturated heterocycles. The van der Waals surface area contributed by atoms with Gasteiger partial charge in [0.2, 0.25) is 5.91 Å². The normalized spacial score (nSPS) is 23.9. The Kier molecular flexibility index (Phi) is 5.64. The third-order valence-corrected chi connectivity index (χ3v) is 4.15. The molecule has 2 N–H and O–H groups in total. The molecule has 2 unspecified atom stereocenters. The molecule has 1 aliphatic rings. The van der Waals surface area contributed by atoms with Crippen molar-refractivity contribution in [2.75, 3.05) is 13.1 Å². The Morgan fingerprint density at radius 1 is 1.39 bits per heavy atom. The van der Waals surface area contributed by atoms with E-state index >= 15 is 0 Å². The molecule has 1 fully saturated rings. The van der Waals surface area contributed by atoms with Crippen LogP contribution in [0.4, 0.5) is 0 Å². The maximum atomic E-state index is 12.1. The molecule has 0 aliphatic carbocycles. The molecule has 1 heterocycles. The van der Waals surface area contributed by atoms with Crippen LogP contribution in [-0.2, 0) is 4.79 Å². The van der Waals surface area contributed by atoms with Crippen LogP contribution in [0.25, 0.3) is 0 Å². The highest BCUT2D eigenvalue weighted by Crippen LogP contribution is 2.34. The fourth-order valence-corrected chi connectivity index (χ4v) is 2.84. The third kappa shape index (κ3) is 4.60. The highest BCUT2D eigenvalue weighted by molar-refractivity contribution is 5.76. The summed E-state index contributed by atoms with van der Waals surface area (Å²) in [6, 6.07) is 0.144. The van der Waals surface area contributed by atoms with Crippen molar-refractivity contribution in [1.29, 1.82) is 0 Å². The first kappa shape index (κ1) is 15.5. The van der Waals surface area contributed by atoms with E-state index in [0.717, 1.165) is 38.8 Å². The average molecular weight is 254 g/mol. The van der Waals surface area contributed by atoms with Crippen LogP contribution in [-0.4, -0.2) is 29.9 Å². The number of nitrogens with two attached hydrogens (primary N) is 1. The summed E-state index contributed by atoms with van der Waals surface area (Å²) in [5.74, 6) is 0.946. The molecule has 0 spiro atoms. The molecule has 0 aromatic heterocycles. The molecule has 106 valence electrons. The topological polar surface area (TPSA) is 46.3 Å². The third-order valence-electron chi connectivity index (χ3n) is 4.15. The lowest BCUT2D eigenvalue weighted by Crippen LogP contribution is -2.41. The van der Waals surface area contributed by atoms with Gasteiger partial charge in [-0.2, -0.15) is 0 Å². The molecule has 0 radical (unpaired) electrons. The average Bonchev–Trinajstić information content (AvgIpc) is 2.41. The van der Waals surface area contributed by atoms with Crippen LogP contribution in [0, 0.1) is 11.3 Å². The second kappa shape index (κ2) is 6.55. The zero-order chi connectivity index (χ0) is 13.8. The zero-order valence-electron chi connectivity index (χ0n) is 12.5.